The van der Waals surface area contributed by atoms with Crippen molar-refractivity contribution in [3.05, 3.63) is 17.5 Å². The molecule has 0 bridgehead atoms. The van der Waals surface area contributed by atoms with Crippen LogP contribution in [0.3, 0.4) is 0 Å². The minimum Gasteiger partial charge on any atom is -0.459 e. The normalized spacial score (nSPS) is 20.1. The Morgan fingerprint density at radius 1 is 1.29 bits per heavy atom. The highest BCUT2D eigenvalue weighted by atomic mass is 32.2. The molecule has 0 aromatic carbocycles. The van der Waals surface area contributed by atoms with Crippen molar-refractivity contribution >= 4 is 10.0 Å². The van der Waals surface area contributed by atoms with Crippen LogP contribution in [0.5, 0.6) is 6.01 Å². The maximum Gasteiger partial charge on any atom is 0.390 e. The van der Waals surface area contributed by atoms with Gasteiger partial charge in [0, 0.05) is 17.9 Å². The lowest BCUT2D eigenvalue weighted by atomic mass is 10.1. The SMILES string of the molecule is Cc1cc(C)nc(OC2CCCN(S(=O)(=O)CCC(F)(F)F)C2)n1. The number of sulfonamides is 1. The van der Waals surface area contributed by atoms with Crippen molar-refractivity contribution in [2.24, 2.45) is 0 Å². The number of nitrogens with zero attached hydrogens (tertiary/aromatic N) is 3. The molecule has 1 aliphatic heterocycles. The molecule has 2 rings (SSSR count). The van der Waals surface area contributed by atoms with Gasteiger partial charge in [-0.15, -0.1) is 0 Å². The van der Waals surface area contributed by atoms with Crippen LogP contribution in [0.1, 0.15) is 30.7 Å². The quantitative estimate of drug-likeness (QED) is 0.798. The first-order valence-electron chi connectivity index (χ1n) is 7.59. The Labute approximate surface area is 139 Å². The number of halogens is 3. The Morgan fingerprint density at radius 2 is 1.92 bits per heavy atom. The molecular formula is C14H20F3N3O3S. The lowest BCUT2D eigenvalue weighted by molar-refractivity contribution is -0.130. The van der Waals surface area contributed by atoms with E-state index in [1.807, 2.05) is 0 Å². The van der Waals surface area contributed by atoms with Gasteiger partial charge in [0.05, 0.1) is 18.7 Å². The fourth-order valence-corrected chi connectivity index (χ4v) is 4.07. The molecule has 10 heteroatoms. The molecule has 2 heterocycles. The number of ether oxygens (including phenoxy) is 1. The van der Waals surface area contributed by atoms with Crippen molar-refractivity contribution < 1.29 is 26.3 Å². The van der Waals surface area contributed by atoms with Crippen LogP contribution in [0.25, 0.3) is 0 Å². The molecule has 0 aliphatic carbocycles. The number of rotatable bonds is 5. The zero-order chi connectivity index (χ0) is 18.0. The topological polar surface area (TPSA) is 72.4 Å². The van der Waals surface area contributed by atoms with Crippen LogP contribution < -0.4 is 4.74 Å². The largest absolute Gasteiger partial charge is 0.459 e. The first kappa shape index (κ1) is 18.9. The monoisotopic (exact) mass is 367 g/mol. The Hall–Kier alpha value is -1.42. The van der Waals surface area contributed by atoms with E-state index in [-0.39, 0.29) is 19.1 Å². The van der Waals surface area contributed by atoms with E-state index < -0.39 is 34.5 Å². The molecule has 1 aromatic heterocycles. The highest BCUT2D eigenvalue weighted by molar-refractivity contribution is 7.89. The van der Waals surface area contributed by atoms with Crippen molar-refractivity contribution in [2.45, 2.75) is 45.4 Å². The van der Waals surface area contributed by atoms with E-state index in [1.165, 1.54) is 0 Å². The van der Waals surface area contributed by atoms with Gasteiger partial charge in [-0.25, -0.2) is 18.4 Å². The summed E-state index contributed by atoms with van der Waals surface area (Å²) in [6.07, 6.45) is -5.20. The zero-order valence-corrected chi connectivity index (χ0v) is 14.3. The third-order valence-corrected chi connectivity index (χ3v) is 5.45. The van der Waals surface area contributed by atoms with E-state index in [4.69, 9.17) is 4.74 Å². The van der Waals surface area contributed by atoms with Crippen LogP contribution in [0.15, 0.2) is 6.07 Å². The molecular weight excluding hydrogens is 347 g/mol. The molecule has 0 spiro atoms. The summed E-state index contributed by atoms with van der Waals surface area (Å²) in [5.74, 6) is -0.941. The van der Waals surface area contributed by atoms with Gasteiger partial charge in [0.25, 0.3) is 0 Å². The van der Waals surface area contributed by atoms with Crippen LogP contribution in [0.4, 0.5) is 13.2 Å². The maximum atomic E-state index is 12.3. The molecule has 6 nitrogen and oxygen atoms in total. The van der Waals surface area contributed by atoms with Gasteiger partial charge in [-0.3, -0.25) is 0 Å². The summed E-state index contributed by atoms with van der Waals surface area (Å²) in [7, 11) is -3.97. The molecule has 1 aliphatic rings. The van der Waals surface area contributed by atoms with Crippen molar-refractivity contribution in [3.63, 3.8) is 0 Å². The standard InChI is InChI=1S/C14H20F3N3O3S/c1-10-8-11(2)19-13(18-10)23-12-4-3-6-20(9-12)24(21,22)7-5-14(15,16)17/h8,12H,3-7,9H2,1-2H3. The second-order valence-corrected chi connectivity index (χ2v) is 7.94. The Balaban J connectivity index is 2.00. The second kappa shape index (κ2) is 7.22. The van der Waals surface area contributed by atoms with Crippen LogP contribution >= 0.6 is 0 Å². The lowest BCUT2D eigenvalue weighted by Crippen LogP contribution is -2.45. The number of aromatic nitrogens is 2. The first-order chi connectivity index (χ1) is 11.0. The van der Waals surface area contributed by atoms with Gasteiger partial charge in [0.15, 0.2) is 0 Å². The first-order valence-corrected chi connectivity index (χ1v) is 9.19. The van der Waals surface area contributed by atoms with Crippen LogP contribution in [-0.2, 0) is 10.0 Å². The van der Waals surface area contributed by atoms with Gasteiger partial charge in [0.2, 0.25) is 10.0 Å². The summed E-state index contributed by atoms with van der Waals surface area (Å²) in [5.41, 5.74) is 1.45. The molecule has 0 amide bonds. The van der Waals surface area contributed by atoms with Crippen LogP contribution in [0.2, 0.25) is 0 Å². The minimum absolute atomic E-state index is 0.0105. The second-order valence-electron chi connectivity index (χ2n) is 5.85. The molecule has 1 atom stereocenters. The average Bonchev–Trinajstić information content (AvgIpc) is 2.44. The molecule has 0 radical (unpaired) electrons. The molecule has 24 heavy (non-hydrogen) atoms. The highest BCUT2D eigenvalue weighted by Crippen LogP contribution is 2.23. The van der Waals surface area contributed by atoms with Gasteiger partial charge in [0.1, 0.15) is 6.10 Å². The molecule has 1 aromatic rings. The maximum absolute atomic E-state index is 12.3. The Kier molecular flexibility index (Phi) is 5.69. The van der Waals surface area contributed by atoms with Gasteiger partial charge in [-0.05, 0) is 32.8 Å². The van der Waals surface area contributed by atoms with E-state index in [1.54, 1.807) is 19.9 Å². The number of hydrogen-bond acceptors (Lipinski definition) is 5. The van der Waals surface area contributed by atoms with E-state index in [9.17, 15) is 21.6 Å². The number of piperidine rings is 1. The summed E-state index contributed by atoms with van der Waals surface area (Å²) in [4.78, 5) is 8.27. The van der Waals surface area contributed by atoms with Gasteiger partial charge >= 0.3 is 12.2 Å². The fraction of sp³-hybridized carbons (Fsp3) is 0.714. The molecule has 1 unspecified atom stereocenters. The fourth-order valence-electron chi connectivity index (χ4n) is 2.52. The third-order valence-electron chi connectivity index (χ3n) is 3.61. The average molecular weight is 367 g/mol. The summed E-state index contributed by atoms with van der Waals surface area (Å²) in [6.45, 7) is 3.79. The van der Waals surface area contributed by atoms with Crippen molar-refractivity contribution in [1.82, 2.24) is 14.3 Å². The number of aryl methyl sites for hydroxylation is 2. The van der Waals surface area contributed by atoms with E-state index in [0.29, 0.717) is 12.8 Å². The van der Waals surface area contributed by atoms with Crippen LogP contribution in [0, 0.1) is 13.8 Å². The minimum atomic E-state index is -4.49. The van der Waals surface area contributed by atoms with Crippen LogP contribution in [-0.4, -0.2) is 53.8 Å². The van der Waals surface area contributed by atoms with Crippen molar-refractivity contribution in [1.29, 1.82) is 0 Å². The molecule has 0 saturated carbocycles. The van der Waals surface area contributed by atoms with Gasteiger partial charge in [-0.1, -0.05) is 0 Å². The predicted molar refractivity (Wildman–Crippen MR) is 81.2 cm³/mol. The van der Waals surface area contributed by atoms with E-state index >= 15 is 0 Å². The van der Waals surface area contributed by atoms with Crippen molar-refractivity contribution in [3.8, 4) is 6.01 Å². The van der Waals surface area contributed by atoms with Gasteiger partial charge < -0.3 is 4.74 Å². The smallest absolute Gasteiger partial charge is 0.390 e. The highest BCUT2D eigenvalue weighted by Gasteiger charge is 2.35. The Bertz CT molecular complexity index is 659. The predicted octanol–water partition coefficient (Wildman–Crippen LogP) is 2.22. The van der Waals surface area contributed by atoms with Crippen molar-refractivity contribution in [2.75, 3.05) is 18.8 Å². The van der Waals surface area contributed by atoms with E-state index in [2.05, 4.69) is 9.97 Å². The molecule has 0 N–H and O–H groups in total. The number of alkyl halides is 3. The Morgan fingerprint density at radius 3 is 2.50 bits per heavy atom. The van der Waals surface area contributed by atoms with E-state index in [0.717, 1.165) is 15.7 Å². The van der Waals surface area contributed by atoms with Gasteiger partial charge in [-0.2, -0.15) is 17.5 Å². The molecule has 1 saturated heterocycles. The molecule has 1 fully saturated rings. The third kappa shape index (κ3) is 5.59. The number of hydrogen-bond donors (Lipinski definition) is 0. The summed E-state index contributed by atoms with van der Waals surface area (Å²) in [6, 6.07) is 1.94. The molecule has 136 valence electrons. The summed E-state index contributed by atoms with van der Waals surface area (Å²) in [5, 5.41) is 0. The zero-order valence-electron chi connectivity index (χ0n) is 13.5. The summed E-state index contributed by atoms with van der Waals surface area (Å²) >= 11 is 0. The lowest BCUT2D eigenvalue weighted by Gasteiger charge is -2.31. The summed E-state index contributed by atoms with van der Waals surface area (Å²) < 4.78 is 67.7.